The summed E-state index contributed by atoms with van der Waals surface area (Å²) in [6.45, 7) is 0. The normalized spacial score (nSPS) is 13.3. The highest BCUT2D eigenvalue weighted by atomic mass is 32.2. The first-order valence-electron chi connectivity index (χ1n) is 44.0. The Morgan fingerprint density at radius 2 is 0.554 bits per heavy atom. The summed E-state index contributed by atoms with van der Waals surface area (Å²) in [5, 5.41) is 11.1. The summed E-state index contributed by atoms with van der Waals surface area (Å²) in [5.41, 5.74) is 32.9. The standard InChI is InChI=1S/2C60H35N3OS/c1-3-16-36(17-4-1)56-45-32-33-49-58(65-54-29-14-12-27-48(54)60(49)46-25-10-7-20-39(46)40-21-8-11-26-47(40)60)55(45)43-31-30-38(34-51(43)61-56)50-35-52(63-59(62-50)37-18-5-2-6-19-37)44-24-15-23-42-41-22-9-13-28-53(41)64-57(42)44;1-3-16-36(17-4-1)57-44-32-33-48-58(65-54-29-14-12-26-47(54)60(48)45-24-10-7-20-39(45)40-21-8-11-25-46(40)60)56(44)42-31-30-38(34-50(42)61-57)49-35-51(63-59(62-49)37-18-5-2-6-19-37)41-23-15-28-53-55(41)43-22-9-13-27-52(43)64-53/h2*1-35H. The van der Waals surface area contributed by atoms with Crippen LogP contribution < -0.4 is 0 Å². The molecule has 130 heavy (non-hydrogen) atoms. The Bertz CT molecular complexity index is 8800. The monoisotopic (exact) mass is 1690 g/mol. The molecule has 24 aromatic rings. The Morgan fingerprint density at radius 3 is 1.04 bits per heavy atom. The first-order valence-corrected chi connectivity index (χ1v) is 45.7. The van der Waals surface area contributed by atoms with E-state index in [9.17, 15) is 0 Å². The topological polar surface area (TPSA) is 104 Å². The van der Waals surface area contributed by atoms with Gasteiger partial charge < -0.3 is 8.83 Å². The predicted molar refractivity (Wildman–Crippen MR) is 531 cm³/mol. The number of hydrogen-bond donors (Lipinski definition) is 0. The Hall–Kier alpha value is -16.2. The Kier molecular flexibility index (Phi) is 16.6. The smallest absolute Gasteiger partial charge is 0.160 e. The number of rotatable bonds is 8. The van der Waals surface area contributed by atoms with Gasteiger partial charge in [0, 0.05) is 118 Å². The molecule has 0 bridgehead atoms. The van der Waals surface area contributed by atoms with E-state index in [2.05, 4.69) is 352 Å². The van der Waals surface area contributed by atoms with Gasteiger partial charge in [0.25, 0.3) is 0 Å². The van der Waals surface area contributed by atoms with Crippen molar-refractivity contribution in [1.82, 2.24) is 29.9 Å². The van der Waals surface area contributed by atoms with Gasteiger partial charge in [0.2, 0.25) is 0 Å². The van der Waals surface area contributed by atoms with E-state index in [-0.39, 0.29) is 0 Å². The molecule has 8 nitrogen and oxygen atoms in total. The van der Waals surface area contributed by atoms with Gasteiger partial charge in [-0.2, -0.15) is 0 Å². The number of furan rings is 2. The maximum atomic E-state index is 6.55. The van der Waals surface area contributed by atoms with Crippen molar-refractivity contribution in [3.8, 4) is 113 Å². The van der Waals surface area contributed by atoms with Gasteiger partial charge in [-0.25, -0.2) is 29.9 Å². The van der Waals surface area contributed by atoms with Crippen LogP contribution in [0.2, 0.25) is 0 Å². The molecule has 8 heterocycles. The average molecular weight is 1690 g/mol. The fourth-order valence-electron chi connectivity index (χ4n) is 21.6. The SMILES string of the molecule is c1ccc(-c2nc(-c3ccc4c(c3)nc(-c3ccccc3)c3ccc5c(c34)Sc3ccccc3C53c4ccccc4-c4ccccc43)cc(-c3cccc4c3oc3ccccc34)n2)cc1.c1ccc(-c2nc(-c3ccc4c(c3)nc(-c3ccccc3)c3ccc5c(c34)Sc3ccccc3C53c4ccccc4-c4ccccc43)cc(-c3cccc4oc5ccccc5c34)n2)cc1. The number of para-hydroxylation sites is 3. The molecule has 18 aromatic carbocycles. The van der Waals surface area contributed by atoms with Gasteiger partial charge in [-0.05, 0) is 127 Å². The lowest BCUT2D eigenvalue weighted by molar-refractivity contribution is 0.669. The van der Waals surface area contributed by atoms with Crippen LogP contribution in [0.15, 0.2) is 453 Å². The first kappa shape index (κ1) is 74.1. The van der Waals surface area contributed by atoms with E-state index in [1.54, 1.807) is 0 Å². The molecule has 0 radical (unpaired) electrons. The van der Waals surface area contributed by atoms with Crippen LogP contribution in [0.3, 0.4) is 0 Å². The third-order valence-corrected chi connectivity index (χ3v) is 29.5. The van der Waals surface area contributed by atoms with Crippen molar-refractivity contribution in [3.63, 3.8) is 0 Å². The zero-order valence-corrected chi connectivity index (χ0v) is 71.4. The number of benzene rings is 18. The zero-order valence-electron chi connectivity index (χ0n) is 69.7. The highest BCUT2D eigenvalue weighted by molar-refractivity contribution is 8.00. The van der Waals surface area contributed by atoms with Crippen LogP contribution in [0.4, 0.5) is 0 Å². The van der Waals surface area contributed by atoms with Crippen molar-refractivity contribution in [2.75, 3.05) is 0 Å². The maximum Gasteiger partial charge on any atom is 0.160 e. The van der Waals surface area contributed by atoms with E-state index < -0.39 is 10.8 Å². The van der Waals surface area contributed by atoms with Crippen LogP contribution in [0.25, 0.3) is 200 Å². The van der Waals surface area contributed by atoms with Gasteiger partial charge >= 0.3 is 0 Å². The van der Waals surface area contributed by atoms with Crippen molar-refractivity contribution in [2.45, 2.75) is 30.4 Å². The first-order chi connectivity index (χ1) is 64.4. The summed E-state index contributed by atoms with van der Waals surface area (Å²) >= 11 is 3.77. The molecular weight excluding hydrogens is 1620 g/mol. The molecule has 0 amide bonds. The van der Waals surface area contributed by atoms with Crippen LogP contribution in [0.5, 0.6) is 0 Å². The summed E-state index contributed by atoms with van der Waals surface area (Å²) in [7, 11) is 0. The fourth-order valence-corrected chi connectivity index (χ4v) is 24.3. The lowest BCUT2D eigenvalue weighted by Gasteiger charge is -2.40. The van der Waals surface area contributed by atoms with Crippen molar-refractivity contribution >= 4 is 111 Å². The molecule has 2 aliphatic heterocycles. The molecule has 0 fully saturated rings. The second-order valence-electron chi connectivity index (χ2n) is 33.9. The van der Waals surface area contributed by atoms with Crippen LogP contribution in [0.1, 0.15) is 44.5 Å². The maximum absolute atomic E-state index is 6.55. The molecule has 0 atom stereocenters. The van der Waals surface area contributed by atoms with Gasteiger partial charge in [-0.3, -0.25) is 0 Å². The summed E-state index contributed by atoms with van der Waals surface area (Å²) in [5.74, 6) is 1.31. The van der Waals surface area contributed by atoms with Crippen LogP contribution >= 0.6 is 23.5 Å². The van der Waals surface area contributed by atoms with Crippen LogP contribution in [-0.2, 0) is 10.8 Å². The Morgan fingerprint density at radius 1 is 0.200 bits per heavy atom. The lowest BCUT2D eigenvalue weighted by atomic mass is 9.67. The number of pyridine rings is 2. The molecule has 604 valence electrons. The quantitative estimate of drug-likeness (QED) is 0.137. The fraction of sp³-hybridized carbons (Fsp3) is 0.0167. The van der Waals surface area contributed by atoms with Crippen molar-refractivity contribution < 1.29 is 8.83 Å². The summed E-state index contributed by atoms with van der Waals surface area (Å²) in [4.78, 5) is 37.3. The van der Waals surface area contributed by atoms with Crippen LogP contribution in [0, 0.1) is 0 Å². The third-order valence-electron chi connectivity index (χ3n) is 27.1. The highest BCUT2D eigenvalue weighted by Gasteiger charge is 2.53. The van der Waals surface area contributed by atoms with E-state index in [0.717, 1.165) is 155 Å². The number of fused-ring (bicyclic) bond motifs is 32. The molecule has 2 aliphatic carbocycles. The molecular formula is C120H70N6O2S2. The van der Waals surface area contributed by atoms with Crippen molar-refractivity contribution in [1.29, 1.82) is 0 Å². The van der Waals surface area contributed by atoms with E-state index in [0.29, 0.717) is 11.6 Å². The summed E-state index contributed by atoms with van der Waals surface area (Å²) in [6.07, 6.45) is 0. The second kappa shape index (κ2) is 29.2. The molecule has 2 spiro atoms. The van der Waals surface area contributed by atoms with E-state index in [4.69, 9.17) is 38.7 Å². The van der Waals surface area contributed by atoms with E-state index in [1.807, 2.05) is 96.3 Å². The van der Waals surface area contributed by atoms with E-state index >= 15 is 0 Å². The second-order valence-corrected chi connectivity index (χ2v) is 36.0. The molecule has 28 rings (SSSR count). The average Bonchev–Trinajstić information content (AvgIpc) is 1.48. The Balaban J connectivity index is 0.000000134. The minimum Gasteiger partial charge on any atom is -0.456 e. The number of aromatic nitrogens is 6. The summed E-state index contributed by atoms with van der Waals surface area (Å²) < 4.78 is 12.9. The number of hydrogen-bond acceptors (Lipinski definition) is 10. The Labute approximate surface area is 756 Å². The molecule has 4 aliphatic rings. The van der Waals surface area contributed by atoms with Gasteiger partial charge in [-0.1, -0.05) is 388 Å². The molecule has 0 N–H and O–H groups in total. The largest absolute Gasteiger partial charge is 0.456 e. The van der Waals surface area contributed by atoms with Crippen molar-refractivity contribution in [3.05, 3.63) is 469 Å². The highest BCUT2D eigenvalue weighted by Crippen LogP contribution is 2.66. The van der Waals surface area contributed by atoms with Gasteiger partial charge in [0.15, 0.2) is 11.6 Å². The van der Waals surface area contributed by atoms with Gasteiger partial charge in [0.1, 0.15) is 22.3 Å². The predicted octanol–water partition coefficient (Wildman–Crippen LogP) is 31.1. The molecule has 0 saturated carbocycles. The molecule has 10 heteroatoms. The zero-order chi connectivity index (χ0) is 85.3. The minimum absolute atomic E-state index is 0.491. The third kappa shape index (κ3) is 11.1. The van der Waals surface area contributed by atoms with E-state index in [1.165, 1.54) is 97.1 Å². The van der Waals surface area contributed by atoms with Gasteiger partial charge in [-0.15, -0.1) is 0 Å². The van der Waals surface area contributed by atoms with Crippen LogP contribution in [-0.4, -0.2) is 29.9 Å². The molecule has 0 unspecified atom stereocenters. The summed E-state index contributed by atoms with van der Waals surface area (Å²) in [6, 6.07) is 152. The lowest BCUT2D eigenvalue weighted by Crippen LogP contribution is -2.32. The molecule has 6 aromatic heterocycles. The van der Waals surface area contributed by atoms with Crippen molar-refractivity contribution in [2.24, 2.45) is 0 Å². The van der Waals surface area contributed by atoms with Gasteiger partial charge in [0.05, 0.1) is 56.0 Å². The minimum atomic E-state index is -0.491. The number of nitrogens with zero attached hydrogens (tertiary/aromatic N) is 6. The molecule has 0 saturated heterocycles.